The third-order valence-electron chi connectivity index (χ3n) is 10.4. The van der Waals surface area contributed by atoms with Gasteiger partial charge in [-0.05, 0) is 156 Å². The summed E-state index contributed by atoms with van der Waals surface area (Å²) in [6, 6.07) is 60.5. The van der Waals surface area contributed by atoms with Crippen LogP contribution in [-0.4, -0.2) is 0 Å². The van der Waals surface area contributed by atoms with Crippen LogP contribution in [0.5, 0.6) is 0 Å². The molecular formula is C49H39N. The molecule has 0 amide bonds. The van der Waals surface area contributed by atoms with Crippen LogP contribution >= 0.6 is 0 Å². The lowest BCUT2D eigenvalue weighted by Gasteiger charge is -2.30. The molecule has 9 rings (SSSR count). The normalized spacial score (nSPS) is 12.0. The molecule has 0 spiro atoms. The van der Waals surface area contributed by atoms with Crippen LogP contribution in [0.2, 0.25) is 0 Å². The average Bonchev–Trinajstić information content (AvgIpc) is 3.14. The Morgan fingerprint density at radius 3 is 1.36 bits per heavy atom. The monoisotopic (exact) mass is 641 g/mol. The molecule has 0 aliphatic heterocycles. The lowest BCUT2D eigenvalue weighted by molar-refractivity contribution is 0.590. The van der Waals surface area contributed by atoms with Crippen molar-refractivity contribution in [3.05, 3.63) is 175 Å². The second-order valence-corrected chi connectivity index (χ2v) is 14.7. The molecule has 0 saturated carbocycles. The van der Waals surface area contributed by atoms with Gasteiger partial charge in [0, 0.05) is 17.1 Å². The minimum Gasteiger partial charge on any atom is -0.310 e. The third kappa shape index (κ3) is 5.09. The van der Waals surface area contributed by atoms with Crippen LogP contribution in [0.15, 0.2) is 164 Å². The second-order valence-electron chi connectivity index (χ2n) is 14.7. The lowest BCUT2D eigenvalue weighted by Crippen LogP contribution is -2.15. The van der Waals surface area contributed by atoms with Gasteiger partial charge in [-0.3, -0.25) is 0 Å². The van der Waals surface area contributed by atoms with Gasteiger partial charge in [0.2, 0.25) is 0 Å². The summed E-state index contributed by atoms with van der Waals surface area (Å²) in [6.07, 6.45) is 0. The molecular weight excluding hydrogens is 603 g/mol. The standard InChI is InChI=1S/C49H39N/c1-32-20-22-39(49(2,3)4)31-48(32)50(40-18-12-7-13-19-40)41-23-21-35-25-44-45(28-36(35)24-41)47-30-38-27-43(34-16-10-6-11-17-34)42(26-37(38)29-46(44)47)33-14-8-5-9-15-33/h5-31H,1-4H3. The van der Waals surface area contributed by atoms with E-state index in [1.807, 2.05) is 0 Å². The van der Waals surface area contributed by atoms with Gasteiger partial charge in [-0.25, -0.2) is 0 Å². The first-order valence-corrected chi connectivity index (χ1v) is 17.6. The number of fused-ring (bicyclic) bond motifs is 6. The Morgan fingerprint density at radius 2 is 0.840 bits per heavy atom. The van der Waals surface area contributed by atoms with Crippen molar-refractivity contribution in [3.8, 4) is 44.5 Å². The van der Waals surface area contributed by atoms with Gasteiger partial charge in [-0.1, -0.05) is 118 Å². The highest BCUT2D eigenvalue weighted by atomic mass is 15.1. The smallest absolute Gasteiger partial charge is 0.0493 e. The van der Waals surface area contributed by atoms with E-state index >= 15 is 0 Å². The van der Waals surface area contributed by atoms with Gasteiger partial charge < -0.3 is 4.90 Å². The maximum absolute atomic E-state index is 2.42. The Labute approximate surface area is 295 Å². The first kappa shape index (κ1) is 30.2. The number of hydrogen-bond acceptors (Lipinski definition) is 1. The second kappa shape index (κ2) is 11.6. The van der Waals surface area contributed by atoms with Crippen LogP contribution in [0.25, 0.3) is 66.1 Å². The molecule has 0 bridgehead atoms. The molecule has 1 aliphatic carbocycles. The molecule has 1 heteroatoms. The van der Waals surface area contributed by atoms with Crippen molar-refractivity contribution in [2.45, 2.75) is 33.1 Å². The topological polar surface area (TPSA) is 3.24 Å². The first-order valence-electron chi connectivity index (χ1n) is 17.6. The van der Waals surface area contributed by atoms with Gasteiger partial charge in [0.25, 0.3) is 0 Å². The predicted octanol–water partition coefficient (Wildman–Crippen LogP) is 14.1. The molecule has 0 aromatic heterocycles. The van der Waals surface area contributed by atoms with Crippen LogP contribution in [-0.2, 0) is 5.41 Å². The van der Waals surface area contributed by atoms with Crippen molar-refractivity contribution < 1.29 is 0 Å². The van der Waals surface area contributed by atoms with Crippen molar-refractivity contribution in [2.24, 2.45) is 0 Å². The zero-order valence-corrected chi connectivity index (χ0v) is 29.0. The molecule has 0 radical (unpaired) electrons. The van der Waals surface area contributed by atoms with Gasteiger partial charge in [0.1, 0.15) is 0 Å². The molecule has 1 nitrogen and oxygen atoms in total. The Hall–Kier alpha value is -5.92. The van der Waals surface area contributed by atoms with Crippen LogP contribution in [0.1, 0.15) is 31.9 Å². The molecule has 240 valence electrons. The van der Waals surface area contributed by atoms with Crippen molar-refractivity contribution in [3.63, 3.8) is 0 Å². The number of benzene rings is 8. The fourth-order valence-corrected chi connectivity index (χ4v) is 7.64. The maximum Gasteiger partial charge on any atom is 0.0493 e. The van der Waals surface area contributed by atoms with Gasteiger partial charge in [0.05, 0.1) is 0 Å². The summed E-state index contributed by atoms with van der Waals surface area (Å²) >= 11 is 0. The van der Waals surface area contributed by atoms with E-state index < -0.39 is 0 Å². The summed E-state index contributed by atoms with van der Waals surface area (Å²) < 4.78 is 0. The van der Waals surface area contributed by atoms with E-state index in [0.717, 1.165) is 11.4 Å². The minimum absolute atomic E-state index is 0.0546. The van der Waals surface area contributed by atoms with Crippen molar-refractivity contribution >= 4 is 38.6 Å². The highest BCUT2D eigenvalue weighted by Crippen LogP contribution is 2.52. The first-order chi connectivity index (χ1) is 24.3. The minimum atomic E-state index is 0.0546. The molecule has 50 heavy (non-hydrogen) atoms. The van der Waals surface area contributed by atoms with Crippen molar-refractivity contribution in [1.82, 2.24) is 0 Å². The summed E-state index contributed by atoms with van der Waals surface area (Å²) in [5, 5.41) is 5.05. The van der Waals surface area contributed by atoms with E-state index in [4.69, 9.17) is 0 Å². The van der Waals surface area contributed by atoms with E-state index in [0.29, 0.717) is 0 Å². The van der Waals surface area contributed by atoms with Crippen LogP contribution < -0.4 is 4.90 Å². The number of anilines is 3. The van der Waals surface area contributed by atoms with Crippen molar-refractivity contribution in [2.75, 3.05) is 4.90 Å². The molecule has 8 aromatic rings. The van der Waals surface area contributed by atoms with E-state index in [2.05, 4.69) is 196 Å². The fraction of sp³-hybridized carbons (Fsp3) is 0.102. The van der Waals surface area contributed by atoms with E-state index in [1.165, 1.54) is 82.9 Å². The quantitative estimate of drug-likeness (QED) is 0.181. The number of para-hydroxylation sites is 1. The summed E-state index contributed by atoms with van der Waals surface area (Å²) in [6.45, 7) is 9.07. The number of hydrogen-bond donors (Lipinski definition) is 0. The van der Waals surface area contributed by atoms with Crippen LogP contribution in [0, 0.1) is 6.92 Å². The summed E-state index contributed by atoms with van der Waals surface area (Å²) in [5.74, 6) is 0. The van der Waals surface area contributed by atoms with E-state index in [1.54, 1.807) is 0 Å². The summed E-state index contributed by atoms with van der Waals surface area (Å²) in [4.78, 5) is 2.42. The van der Waals surface area contributed by atoms with Gasteiger partial charge >= 0.3 is 0 Å². The van der Waals surface area contributed by atoms with Crippen molar-refractivity contribution in [1.29, 1.82) is 0 Å². The van der Waals surface area contributed by atoms with Crippen LogP contribution in [0.4, 0.5) is 17.1 Å². The average molecular weight is 642 g/mol. The molecule has 0 atom stereocenters. The molecule has 0 saturated heterocycles. The summed E-state index contributed by atoms with van der Waals surface area (Å²) in [5.41, 5.74) is 16.5. The highest BCUT2D eigenvalue weighted by Gasteiger charge is 2.25. The fourth-order valence-electron chi connectivity index (χ4n) is 7.64. The molecule has 0 N–H and O–H groups in total. The van der Waals surface area contributed by atoms with E-state index in [-0.39, 0.29) is 5.41 Å². The number of nitrogens with zero attached hydrogens (tertiary/aromatic N) is 1. The van der Waals surface area contributed by atoms with Gasteiger partial charge in [-0.15, -0.1) is 0 Å². The highest BCUT2D eigenvalue weighted by molar-refractivity contribution is 6.13. The Bertz CT molecular complexity index is 2560. The van der Waals surface area contributed by atoms with Crippen LogP contribution in [0.3, 0.4) is 0 Å². The largest absolute Gasteiger partial charge is 0.310 e. The zero-order valence-electron chi connectivity index (χ0n) is 29.0. The molecule has 8 aromatic carbocycles. The Kier molecular flexibility index (Phi) is 7.00. The number of rotatable bonds is 5. The molecule has 1 aliphatic rings. The summed E-state index contributed by atoms with van der Waals surface area (Å²) in [7, 11) is 0. The zero-order chi connectivity index (χ0) is 34.0. The molecule has 0 unspecified atom stereocenters. The lowest BCUT2D eigenvalue weighted by atomic mass is 9.77. The molecule has 0 heterocycles. The SMILES string of the molecule is Cc1ccc(C(C)(C)C)cc1N(c1ccccc1)c1ccc2cc3c(cc2c1)-c1cc2cc(-c4ccccc4)c(-c4ccccc4)cc2cc1-3. The Morgan fingerprint density at radius 1 is 0.380 bits per heavy atom. The predicted molar refractivity (Wildman–Crippen MR) is 215 cm³/mol. The third-order valence-corrected chi connectivity index (χ3v) is 10.4. The number of aryl methyl sites for hydroxylation is 1. The van der Waals surface area contributed by atoms with E-state index in [9.17, 15) is 0 Å². The Balaban J connectivity index is 1.17. The maximum atomic E-state index is 2.42. The molecule has 0 fully saturated rings. The van der Waals surface area contributed by atoms with Gasteiger partial charge in [0.15, 0.2) is 0 Å². The van der Waals surface area contributed by atoms with Gasteiger partial charge in [-0.2, -0.15) is 0 Å².